The van der Waals surface area contributed by atoms with Crippen LogP contribution in [0.1, 0.15) is 95.5 Å². The summed E-state index contributed by atoms with van der Waals surface area (Å²) in [7, 11) is 0. The number of rotatable bonds is 8. The Labute approximate surface area is 219 Å². The Kier molecular flexibility index (Phi) is 7.28. The van der Waals surface area contributed by atoms with Gasteiger partial charge in [0.1, 0.15) is 11.9 Å². The number of hydrogen-bond acceptors (Lipinski definition) is 4. The van der Waals surface area contributed by atoms with Gasteiger partial charge in [-0.25, -0.2) is 4.98 Å². The number of carbonyl (C=O) groups is 3. The first-order valence-electron chi connectivity index (χ1n) is 14.1. The fourth-order valence-electron chi connectivity index (χ4n) is 6.58. The Balaban J connectivity index is 1.28. The molecule has 8 nitrogen and oxygen atoms in total. The molecular formula is C29H41N5O3. The number of hydrogen-bond donors (Lipinski definition) is 3. The first kappa shape index (κ1) is 25.7. The SMILES string of the molecule is CC[C@H]1CCCCN1C(=O)C[C@H](NC(=O)C1CC2(CCC2)C1)C(=O)N[C@@H](C)c1nc2c(C)cccc2[nH]1. The number of piperidine rings is 1. The van der Waals surface area contributed by atoms with Crippen molar-refractivity contribution in [3.05, 3.63) is 29.6 Å². The minimum atomic E-state index is -0.897. The lowest BCUT2D eigenvalue weighted by atomic mass is 9.51. The van der Waals surface area contributed by atoms with Crippen molar-refractivity contribution >= 4 is 28.8 Å². The number of fused-ring (bicyclic) bond motifs is 1. The molecule has 0 bridgehead atoms. The third-order valence-corrected chi connectivity index (χ3v) is 9.08. The Morgan fingerprint density at radius 3 is 2.62 bits per heavy atom. The van der Waals surface area contributed by atoms with E-state index < -0.39 is 12.1 Å². The summed E-state index contributed by atoms with van der Waals surface area (Å²) in [6, 6.07) is 4.86. The fraction of sp³-hybridized carbons (Fsp3) is 0.655. The van der Waals surface area contributed by atoms with E-state index >= 15 is 0 Å². The second-order valence-corrected chi connectivity index (χ2v) is 11.7. The van der Waals surface area contributed by atoms with Crippen molar-refractivity contribution in [1.29, 1.82) is 0 Å². The number of nitrogens with zero attached hydrogens (tertiary/aromatic N) is 2. The van der Waals surface area contributed by atoms with Gasteiger partial charge in [0.05, 0.1) is 23.5 Å². The molecule has 1 spiro atoms. The Hall–Kier alpha value is -2.90. The van der Waals surface area contributed by atoms with Gasteiger partial charge >= 0.3 is 0 Å². The van der Waals surface area contributed by atoms with Crippen LogP contribution in [0.2, 0.25) is 0 Å². The molecule has 1 aromatic heterocycles. The van der Waals surface area contributed by atoms with Crippen LogP contribution in [-0.4, -0.2) is 51.2 Å². The summed E-state index contributed by atoms with van der Waals surface area (Å²) >= 11 is 0. The first-order valence-corrected chi connectivity index (χ1v) is 14.1. The third-order valence-electron chi connectivity index (χ3n) is 9.08. The zero-order chi connectivity index (χ0) is 26.2. The summed E-state index contributed by atoms with van der Waals surface area (Å²) in [4.78, 5) is 49.9. The minimum absolute atomic E-state index is 0.0160. The van der Waals surface area contributed by atoms with Crippen LogP contribution in [0.4, 0.5) is 0 Å². The molecule has 1 saturated heterocycles. The van der Waals surface area contributed by atoms with Gasteiger partial charge in [-0.05, 0) is 82.3 Å². The number of carbonyl (C=O) groups excluding carboxylic acids is 3. The molecule has 5 rings (SSSR count). The normalized spacial score (nSPS) is 22.7. The number of amides is 3. The number of nitrogens with one attached hydrogen (secondary N) is 3. The van der Waals surface area contributed by atoms with E-state index in [1.807, 2.05) is 36.9 Å². The summed E-state index contributed by atoms with van der Waals surface area (Å²) in [5.74, 6) is 0.113. The lowest BCUT2D eigenvalue weighted by Gasteiger charge is -2.53. The molecule has 2 heterocycles. The molecule has 0 unspecified atom stereocenters. The van der Waals surface area contributed by atoms with Gasteiger partial charge < -0.3 is 20.5 Å². The Bertz CT molecular complexity index is 1160. The van der Waals surface area contributed by atoms with Crippen LogP contribution in [0.5, 0.6) is 0 Å². The molecule has 1 aromatic carbocycles. The number of H-pyrrole nitrogens is 1. The highest BCUT2D eigenvalue weighted by atomic mass is 16.2. The maximum absolute atomic E-state index is 13.5. The van der Waals surface area contributed by atoms with Crippen molar-refractivity contribution < 1.29 is 14.4 Å². The number of benzene rings is 1. The highest BCUT2D eigenvalue weighted by molar-refractivity contribution is 5.93. The average Bonchev–Trinajstić information content (AvgIpc) is 3.28. The van der Waals surface area contributed by atoms with Crippen LogP contribution < -0.4 is 10.6 Å². The highest BCUT2D eigenvalue weighted by Crippen LogP contribution is 2.58. The third kappa shape index (κ3) is 5.25. The maximum atomic E-state index is 13.5. The lowest BCUT2D eigenvalue weighted by molar-refractivity contribution is -0.142. The molecular weight excluding hydrogens is 466 g/mol. The molecule has 3 amide bonds. The zero-order valence-corrected chi connectivity index (χ0v) is 22.4. The molecule has 3 aliphatic rings. The molecule has 2 saturated carbocycles. The van der Waals surface area contributed by atoms with E-state index in [1.54, 1.807) is 0 Å². The van der Waals surface area contributed by atoms with Crippen LogP contribution in [-0.2, 0) is 14.4 Å². The van der Waals surface area contributed by atoms with Gasteiger partial charge in [-0.1, -0.05) is 25.5 Å². The highest BCUT2D eigenvalue weighted by Gasteiger charge is 2.51. The van der Waals surface area contributed by atoms with E-state index in [0.717, 1.165) is 61.7 Å². The second kappa shape index (κ2) is 10.5. The molecule has 0 radical (unpaired) electrons. The monoisotopic (exact) mass is 507 g/mol. The van der Waals surface area contributed by atoms with Crippen LogP contribution >= 0.6 is 0 Å². The van der Waals surface area contributed by atoms with Gasteiger partial charge in [-0.2, -0.15) is 0 Å². The van der Waals surface area contributed by atoms with Gasteiger partial charge in [0.15, 0.2) is 0 Å². The molecule has 3 N–H and O–H groups in total. The topological polar surface area (TPSA) is 107 Å². The summed E-state index contributed by atoms with van der Waals surface area (Å²) in [6.07, 6.45) is 9.47. The zero-order valence-electron chi connectivity index (χ0n) is 22.4. The fourth-order valence-corrected chi connectivity index (χ4v) is 6.58. The number of aromatic amines is 1. The molecule has 1 aliphatic heterocycles. The molecule has 37 heavy (non-hydrogen) atoms. The predicted molar refractivity (Wildman–Crippen MR) is 143 cm³/mol. The van der Waals surface area contributed by atoms with Crippen molar-refractivity contribution in [2.75, 3.05) is 6.54 Å². The number of aryl methyl sites for hydroxylation is 1. The lowest BCUT2D eigenvalue weighted by Crippen LogP contribution is -2.55. The maximum Gasteiger partial charge on any atom is 0.243 e. The number of para-hydroxylation sites is 1. The van der Waals surface area contributed by atoms with Crippen molar-refractivity contribution in [3.63, 3.8) is 0 Å². The van der Waals surface area contributed by atoms with Crippen LogP contribution in [0.25, 0.3) is 11.0 Å². The van der Waals surface area contributed by atoms with Crippen molar-refractivity contribution in [2.24, 2.45) is 11.3 Å². The first-order chi connectivity index (χ1) is 17.8. The smallest absolute Gasteiger partial charge is 0.243 e. The molecule has 2 aliphatic carbocycles. The van der Waals surface area contributed by atoms with Gasteiger partial charge in [0.2, 0.25) is 17.7 Å². The van der Waals surface area contributed by atoms with E-state index in [9.17, 15) is 14.4 Å². The van der Waals surface area contributed by atoms with E-state index in [4.69, 9.17) is 4.98 Å². The van der Waals surface area contributed by atoms with Gasteiger partial charge in [-0.3, -0.25) is 14.4 Å². The molecule has 3 fully saturated rings. The molecule has 3 atom stereocenters. The van der Waals surface area contributed by atoms with Crippen LogP contribution in [0, 0.1) is 18.3 Å². The van der Waals surface area contributed by atoms with E-state index in [1.165, 1.54) is 19.3 Å². The number of aromatic nitrogens is 2. The van der Waals surface area contributed by atoms with Gasteiger partial charge in [-0.15, -0.1) is 0 Å². The molecule has 8 heteroatoms. The van der Waals surface area contributed by atoms with E-state index in [0.29, 0.717) is 11.2 Å². The molecule has 200 valence electrons. The minimum Gasteiger partial charge on any atom is -0.345 e. The van der Waals surface area contributed by atoms with Crippen molar-refractivity contribution in [2.45, 2.75) is 103 Å². The summed E-state index contributed by atoms with van der Waals surface area (Å²) in [5.41, 5.74) is 3.23. The van der Waals surface area contributed by atoms with Crippen LogP contribution in [0.3, 0.4) is 0 Å². The summed E-state index contributed by atoms with van der Waals surface area (Å²) in [5, 5.41) is 5.98. The van der Waals surface area contributed by atoms with Crippen LogP contribution in [0.15, 0.2) is 18.2 Å². The number of imidazole rings is 1. The van der Waals surface area contributed by atoms with Crippen molar-refractivity contribution in [1.82, 2.24) is 25.5 Å². The van der Waals surface area contributed by atoms with Crippen molar-refractivity contribution in [3.8, 4) is 0 Å². The second-order valence-electron chi connectivity index (χ2n) is 11.7. The van der Waals surface area contributed by atoms with E-state index in [2.05, 4.69) is 22.5 Å². The molecule has 2 aromatic rings. The summed E-state index contributed by atoms with van der Waals surface area (Å²) in [6.45, 7) is 6.70. The standard InChI is InChI=1S/C29H41N5O3/c1-4-21-10-5-6-14-34(21)24(35)15-23(32-27(36)20-16-29(17-20)12-8-13-29)28(37)30-19(3)26-31-22-11-7-9-18(2)25(22)33-26/h7,9,11,19-21,23H,4-6,8,10,12-17H2,1-3H3,(H,30,37)(H,31,33)(H,32,36)/t19-,21-,23-/m0/s1. The number of likely N-dealkylation sites (tertiary alicyclic amines) is 1. The Morgan fingerprint density at radius 2 is 1.95 bits per heavy atom. The average molecular weight is 508 g/mol. The van der Waals surface area contributed by atoms with Gasteiger partial charge in [0, 0.05) is 18.5 Å². The van der Waals surface area contributed by atoms with Gasteiger partial charge in [0.25, 0.3) is 0 Å². The Morgan fingerprint density at radius 1 is 1.16 bits per heavy atom. The quantitative estimate of drug-likeness (QED) is 0.495. The summed E-state index contributed by atoms with van der Waals surface area (Å²) < 4.78 is 0. The largest absolute Gasteiger partial charge is 0.345 e. The van der Waals surface area contributed by atoms with E-state index in [-0.39, 0.29) is 36.1 Å². The predicted octanol–water partition coefficient (Wildman–Crippen LogP) is 4.29.